The van der Waals surface area contributed by atoms with E-state index < -0.39 is 0 Å². The van der Waals surface area contributed by atoms with Gasteiger partial charge in [0.2, 0.25) is 0 Å². The van der Waals surface area contributed by atoms with Crippen molar-refractivity contribution in [1.82, 2.24) is 14.8 Å². The molecule has 0 spiro atoms. The molecule has 2 aromatic rings. The molecule has 0 saturated carbocycles. The quantitative estimate of drug-likeness (QED) is 0.868. The number of benzene rings is 1. The third-order valence-electron chi connectivity index (χ3n) is 2.36. The highest BCUT2D eigenvalue weighted by atomic mass is 35.5. The van der Waals surface area contributed by atoms with Crippen molar-refractivity contribution in [1.29, 1.82) is 0 Å². The smallest absolute Gasteiger partial charge is 0.148 e. The molecule has 16 heavy (non-hydrogen) atoms. The molecule has 0 aliphatic heterocycles. The molecule has 4 nitrogen and oxygen atoms in total. The van der Waals surface area contributed by atoms with Gasteiger partial charge in [0.1, 0.15) is 11.6 Å². The van der Waals surface area contributed by atoms with Crippen LogP contribution in [-0.2, 0) is 6.54 Å². The normalized spacial score (nSPS) is 10.8. The van der Waals surface area contributed by atoms with Crippen molar-refractivity contribution < 1.29 is 0 Å². The third kappa shape index (κ3) is 1.94. The van der Waals surface area contributed by atoms with Crippen LogP contribution >= 0.6 is 11.6 Å². The minimum atomic E-state index is 0.354. The van der Waals surface area contributed by atoms with Crippen LogP contribution in [0.25, 0.3) is 5.69 Å². The van der Waals surface area contributed by atoms with Crippen LogP contribution in [0.5, 0.6) is 0 Å². The lowest BCUT2D eigenvalue weighted by atomic mass is 10.2. The maximum Gasteiger partial charge on any atom is 0.148 e. The number of nitrogens with two attached hydrogens (primary N) is 1. The Balaban J connectivity index is 2.53. The molecule has 2 N–H and O–H groups in total. The van der Waals surface area contributed by atoms with Gasteiger partial charge < -0.3 is 5.73 Å². The van der Waals surface area contributed by atoms with Crippen LogP contribution in [0.4, 0.5) is 0 Å². The van der Waals surface area contributed by atoms with E-state index in [1.165, 1.54) is 0 Å². The van der Waals surface area contributed by atoms with Gasteiger partial charge in [0.25, 0.3) is 0 Å². The van der Waals surface area contributed by atoms with Crippen molar-refractivity contribution in [2.75, 3.05) is 0 Å². The summed E-state index contributed by atoms with van der Waals surface area (Å²) in [6.45, 7) is 4.15. The summed E-state index contributed by atoms with van der Waals surface area (Å²) in [4.78, 5) is 4.24. The van der Waals surface area contributed by atoms with Gasteiger partial charge in [-0.05, 0) is 31.5 Å². The Morgan fingerprint density at radius 3 is 2.75 bits per heavy atom. The van der Waals surface area contributed by atoms with Crippen molar-refractivity contribution in [3.63, 3.8) is 0 Å². The molecular weight excluding hydrogens is 224 g/mol. The van der Waals surface area contributed by atoms with E-state index in [0.717, 1.165) is 17.1 Å². The van der Waals surface area contributed by atoms with Gasteiger partial charge in [-0.15, -0.1) is 0 Å². The topological polar surface area (TPSA) is 56.7 Å². The van der Waals surface area contributed by atoms with Crippen LogP contribution < -0.4 is 5.73 Å². The summed E-state index contributed by atoms with van der Waals surface area (Å²) in [5.41, 5.74) is 7.54. The zero-order valence-electron chi connectivity index (χ0n) is 9.24. The largest absolute Gasteiger partial charge is 0.324 e. The van der Waals surface area contributed by atoms with Crippen LogP contribution in [0.1, 0.15) is 17.2 Å². The van der Waals surface area contributed by atoms with Gasteiger partial charge in [-0.2, -0.15) is 5.10 Å². The number of aromatic nitrogens is 3. The van der Waals surface area contributed by atoms with Gasteiger partial charge in [0.15, 0.2) is 0 Å². The summed E-state index contributed by atoms with van der Waals surface area (Å²) in [5, 5.41) is 5.01. The van der Waals surface area contributed by atoms with Gasteiger partial charge in [-0.3, -0.25) is 0 Å². The summed E-state index contributed by atoms with van der Waals surface area (Å²) >= 11 is 6.07. The van der Waals surface area contributed by atoms with Crippen LogP contribution in [0.15, 0.2) is 18.2 Å². The Morgan fingerprint density at radius 1 is 1.38 bits per heavy atom. The lowest BCUT2D eigenvalue weighted by molar-refractivity contribution is 0.786. The average molecular weight is 237 g/mol. The second kappa shape index (κ2) is 4.23. The molecule has 0 saturated heterocycles. The van der Waals surface area contributed by atoms with Crippen molar-refractivity contribution in [3.05, 3.63) is 40.4 Å². The Hall–Kier alpha value is -1.39. The van der Waals surface area contributed by atoms with Crippen molar-refractivity contribution in [2.45, 2.75) is 20.4 Å². The fourth-order valence-corrected chi connectivity index (χ4v) is 1.69. The first-order chi connectivity index (χ1) is 7.61. The second-order valence-corrected chi connectivity index (χ2v) is 4.03. The summed E-state index contributed by atoms with van der Waals surface area (Å²) in [5.74, 6) is 1.44. The predicted octanol–water partition coefficient (Wildman–Crippen LogP) is 2.00. The minimum Gasteiger partial charge on any atom is -0.324 e. The molecule has 1 heterocycles. The minimum absolute atomic E-state index is 0.354. The van der Waals surface area contributed by atoms with E-state index in [-0.39, 0.29) is 0 Å². The first-order valence-corrected chi connectivity index (χ1v) is 5.38. The lowest BCUT2D eigenvalue weighted by Crippen LogP contribution is -2.08. The third-order valence-corrected chi connectivity index (χ3v) is 2.77. The number of rotatable bonds is 2. The Labute approximate surface area is 99.1 Å². The molecule has 0 aliphatic rings. The van der Waals surface area contributed by atoms with Gasteiger partial charge in [-0.25, -0.2) is 9.67 Å². The van der Waals surface area contributed by atoms with Gasteiger partial charge in [-0.1, -0.05) is 17.7 Å². The van der Waals surface area contributed by atoms with E-state index in [2.05, 4.69) is 10.1 Å². The molecular formula is C11H13ClN4. The number of hydrogen-bond donors (Lipinski definition) is 1. The number of aryl methyl sites for hydroxylation is 2. The molecule has 0 amide bonds. The van der Waals surface area contributed by atoms with E-state index in [9.17, 15) is 0 Å². The summed E-state index contributed by atoms with van der Waals surface area (Å²) in [6, 6.07) is 5.77. The maximum atomic E-state index is 6.07. The van der Waals surface area contributed by atoms with Crippen LogP contribution in [0, 0.1) is 13.8 Å². The highest BCUT2D eigenvalue weighted by Gasteiger charge is 2.08. The molecule has 0 bridgehead atoms. The lowest BCUT2D eigenvalue weighted by Gasteiger charge is -2.06. The summed E-state index contributed by atoms with van der Waals surface area (Å²) in [6.07, 6.45) is 0. The van der Waals surface area contributed by atoms with Crippen molar-refractivity contribution in [2.24, 2.45) is 5.73 Å². The molecule has 84 valence electrons. The molecule has 0 radical (unpaired) electrons. The molecule has 0 aliphatic carbocycles. The first kappa shape index (κ1) is 11.1. The summed E-state index contributed by atoms with van der Waals surface area (Å²) < 4.78 is 1.72. The van der Waals surface area contributed by atoms with E-state index in [4.69, 9.17) is 17.3 Å². The van der Waals surface area contributed by atoms with Gasteiger partial charge >= 0.3 is 0 Å². The fourth-order valence-electron chi connectivity index (χ4n) is 1.51. The molecule has 5 heteroatoms. The number of nitrogens with zero attached hydrogens (tertiary/aromatic N) is 3. The molecule has 0 atom stereocenters. The highest BCUT2D eigenvalue weighted by Crippen LogP contribution is 2.19. The summed E-state index contributed by atoms with van der Waals surface area (Å²) in [7, 11) is 0. The number of hydrogen-bond acceptors (Lipinski definition) is 3. The van der Waals surface area contributed by atoms with E-state index in [1.807, 2.05) is 32.0 Å². The highest BCUT2D eigenvalue weighted by molar-refractivity contribution is 6.31. The van der Waals surface area contributed by atoms with E-state index in [1.54, 1.807) is 4.68 Å². The zero-order valence-corrected chi connectivity index (χ0v) is 9.99. The molecule has 1 aromatic carbocycles. The fraction of sp³-hybridized carbons (Fsp3) is 0.273. The maximum absolute atomic E-state index is 6.07. The predicted molar refractivity (Wildman–Crippen MR) is 63.7 cm³/mol. The van der Waals surface area contributed by atoms with E-state index in [0.29, 0.717) is 17.4 Å². The monoisotopic (exact) mass is 236 g/mol. The van der Waals surface area contributed by atoms with Gasteiger partial charge in [0.05, 0.1) is 12.2 Å². The Bertz CT molecular complexity index is 519. The Kier molecular flexibility index (Phi) is 2.94. The molecule has 0 unspecified atom stereocenters. The van der Waals surface area contributed by atoms with Crippen LogP contribution in [-0.4, -0.2) is 14.8 Å². The van der Waals surface area contributed by atoms with Crippen LogP contribution in [0.3, 0.4) is 0 Å². The zero-order chi connectivity index (χ0) is 11.7. The number of halogens is 1. The standard InChI is InChI=1S/C11H13ClN4/c1-7-3-4-9(5-10(7)12)16-11(6-13)14-8(2)15-16/h3-5H,6,13H2,1-2H3. The van der Waals surface area contributed by atoms with Crippen molar-refractivity contribution >= 4 is 11.6 Å². The van der Waals surface area contributed by atoms with Gasteiger partial charge in [0, 0.05) is 5.02 Å². The molecule has 2 rings (SSSR count). The van der Waals surface area contributed by atoms with Crippen molar-refractivity contribution in [3.8, 4) is 5.69 Å². The average Bonchev–Trinajstić information content (AvgIpc) is 2.63. The molecule has 0 fully saturated rings. The Morgan fingerprint density at radius 2 is 2.12 bits per heavy atom. The molecule has 1 aromatic heterocycles. The second-order valence-electron chi connectivity index (χ2n) is 3.62. The first-order valence-electron chi connectivity index (χ1n) is 5.01. The van der Waals surface area contributed by atoms with Crippen LogP contribution in [0.2, 0.25) is 5.02 Å². The van der Waals surface area contributed by atoms with E-state index >= 15 is 0 Å². The SMILES string of the molecule is Cc1nc(CN)n(-c2ccc(C)c(Cl)c2)n1.